The van der Waals surface area contributed by atoms with E-state index in [0.29, 0.717) is 6.42 Å². The van der Waals surface area contributed by atoms with Crippen molar-refractivity contribution in [3.8, 4) is 0 Å². The molecule has 0 aromatic heterocycles. The maximum atomic E-state index is 14.1. The SMILES string of the molecule is NNC(C1=CCCCC1)c1cccc(C(F)(F)F)c1F. The van der Waals surface area contributed by atoms with Gasteiger partial charge in [-0.3, -0.25) is 5.84 Å². The smallest absolute Gasteiger partial charge is 0.271 e. The zero-order valence-electron chi connectivity index (χ0n) is 10.8. The molecule has 0 heterocycles. The second kappa shape index (κ2) is 5.93. The molecule has 0 fully saturated rings. The minimum Gasteiger partial charge on any atom is -0.271 e. The monoisotopic (exact) mass is 288 g/mol. The molecule has 1 unspecified atom stereocenters. The second-order valence-electron chi connectivity index (χ2n) is 4.83. The standard InChI is InChI=1S/C14H16F4N2/c15-12-10(7-4-8-11(12)14(16,17)18)13(20-19)9-5-2-1-3-6-9/h4-5,7-8,13,20H,1-3,6,19H2. The number of hydrogen-bond acceptors (Lipinski definition) is 2. The first kappa shape index (κ1) is 15.0. The summed E-state index contributed by atoms with van der Waals surface area (Å²) in [5.41, 5.74) is 1.96. The number of rotatable bonds is 3. The molecule has 1 atom stereocenters. The summed E-state index contributed by atoms with van der Waals surface area (Å²) in [6, 6.07) is 2.57. The van der Waals surface area contributed by atoms with Crippen LogP contribution in [0.1, 0.15) is 42.9 Å². The maximum Gasteiger partial charge on any atom is 0.419 e. The number of nitrogens with two attached hydrogens (primary N) is 1. The average molecular weight is 288 g/mol. The minimum absolute atomic E-state index is 0.0597. The van der Waals surface area contributed by atoms with Gasteiger partial charge in [-0.1, -0.05) is 23.8 Å². The topological polar surface area (TPSA) is 38.0 Å². The lowest BCUT2D eigenvalue weighted by Gasteiger charge is -2.24. The quantitative estimate of drug-likeness (QED) is 0.384. The molecular weight excluding hydrogens is 272 g/mol. The van der Waals surface area contributed by atoms with Crippen molar-refractivity contribution in [1.29, 1.82) is 0 Å². The third kappa shape index (κ3) is 3.02. The Hall–Kier alpha value is -1.40. The van der Waals surface area contributed by atoms with Crippen molar-refractivity contribution in [2.24, 2.45) is 5.84 Å². The van der Waals surface area contributed by atoms with Gasteiger partial charge in [-0.2, -0.15) is 13.2 Å². The van der Waals surface area contributed by atoms with E-state index in [9.17, 15) is 17.6 Å². The lowest BCUT2D eigenvalue weighted by atomic mass is 9.89. The number of benzene rings is 1. The summed E-state index contributed by atoms with van der Waals surface area (Å²) in [6.45, 7) is 0. The molecule has 0 saturated carbocycles. The lowest BCUT2D eigenvalue weighted by Crippen LogP contribution is -2.31. The number of halogens is 4. The van der Waals surface area contributed by atoms with Crippen molar-refractivity contribution < 1.29 is 17.6 Å². The zero-order chi connectivity index (χ0) is 14.8. The van der Waals surface area contributed by atoms with E-state index in [0.717, 1.165) is 30.9 Å². The molecule has 20 heavy (non-hydrogen) atoms. The first-order chi connectivity index (χ1) is 9.45. The van der Waals surface area contributed by atoms with E-state index in [1.54, 1.807) is 0 Å². The van der Waals surface area contributed by atoms with Gasteiger partial charge in [0.05, 0.1) is 11.6 Å². The Kier molecular flexibility index (Phi) is 4.45. The normalized spacial score (nSPS) is 17.8. The largest absolute Gasteiger partial charge is 0.419 e. The van der Waals surface area contributed by atoms with Gasteiger partial charge in [-0.15, -0.1) is 0 Å². The van der Waals surface area contributed by atoms with E-state index in [-0.39, 0.29) is 5.56 Å². The molecule has 1 aliphatic carbocycles. The van der Waals surface area contributed by atoms with Crippen LogP contribution in [0.3, 0.4) is 0 Å². The van der Waals surface area contributed by atoms with E-state index < -0.39 is 23.6 Å². The number of hydrogen-bond donors (Lipinski definition) is 2. The first-order valence-corrected chi connectivity index (χ1v) is 6.46. The van der Waals surface area contributed by atoms with Gasteiger partial charge in [0.15, 0.2) is 0 Å². The molecule has 110 valence electrons. The summed E-state index contributed by atoms with van der Waals surface area (Å²) < 4.78 is 52.3. The van der Waals surface area contributed by atoms with Crippen LogP contribution in [0.5, 0.6) is 0 Å². The zero-order valence-corrected chi connectivity index (χ0v) is 10.8. The van der Waals surface area contributed by atoms with Crippen LogP contribution in [-0.2, 0) is 6.18 Å². The summed E-state index contributed by atoms with van der Waals surface area (Å²) in [5, 5.41) is 0. The fourth-order valence-electron chi connectivity index (χ4n) is 2.51. The average Bonchev–Trinajstić information content (AvgIpc) is 2.41. The summed E-state index contributed by atoms with van der Waals surface area (Å²) in [5.74, 6) is 4.17. The lowest BCUT2D eigenvalue weighted by molar-refractivity contribution is -0.140. The molecule has 2 rings (SSSR count). The highest BCUT2D eigenvalue weighted by atomic mass is 19.4. The number of nitrogens with one attached hydrogen (secondary N) is 1. The first-order valence-electron chi connectivity index (χ1n) is 6.46. The van der Waals surface area contributed by atoms with Crippen molar-refractivity contribution in [2.45, 2.75) is 37.9 Å². The minimum atomic E-state index is -4.71. The molecule has 1 aromatic rings. The number of alkyl halides is 3. The Morgan fingerprint density at radius 1 is 1.20 bits per heavy atom. The summed E-state index contributed by atoms with van der Waals surface area (Å²) in [6.07, 6.45) is 0.739. The predicted molar refractivity (Wildman–Crippen MR) is 68.0 cm³/mol. The van der Waals surface area contributed by atoms with Crippen LogP contribution in [0.4, 0.5) is 17.6 Å². The van der Waals surface area contributed by atoms with E-state index >= 15 is 0 Å². The van der Waals surface area contributed by atoms with Crippen molar-refractivity contribution in [3.63, 3.8) is 0 Å². The Labute approximate surface area is 114 Å². The van der Waals surface area contributed by atoms with Gasteiger partial charge in [0, 0.05) is 5.56 Å². The molecule has 1 aliphatic rings. The second-order valence-corrected chi connectivity index (χ2v) is 4.83. The summed E-state index contributed by atoms with van der Waals surface area (Å²) in [4.78, 5) is 0. The van der Waals surface area contributed by atoms with E-state index in [1.807, 2.05) is 6.08 Å². The third-order valence-corrected chi connectivity index (χ3v) is 3.51. The van der Waals surface area contributed by atoms with Crippen LogP contribution >= 0.6 is 0 Å². The van der Waals surface area contributed by atoms with E-state index in [1.165, 1.54) is 12.1 Å². The Bertz CT molecular complexity index is 508. The van der Waals surface area contributed by atoms with Gasteiger partial charge in [-0.05, 0) is 31.7 Å². The van der Waals surface area contributed by atoms with Gasteiger partial charge in [0.2, 0.25) is 0 Å². The Morgan fingerprint density at radius 3 is 2.50 bits per heavy atom. The number of allylic oxidation sites excluding steroid dienone is 1. The van der Waals surface area contributed by atoms with Gasteiger partial charge in [0.1, 0.15) is 5.82 Å². The van der Waals surface area contributed by atoms with Crippen LogP contribution < -0.4 is 11.3 Å². The molecule has 6 heteroatoms. The maximum absolute atomic E-state index is 14.1. The Morgan fingerprint density at radius 2 is 1.95 bits per heavy atom. The molecule has 0 aliphatic heterocycles. The van der Waals surface area contributed by atoms with Crippen molar-refractivity contribution in [1.82, 2.24) is 5.43 Å². The molecule has 0 radical (unpaired) electrons. The van der Waals surface area contributed by atoms with Crippen molar-refractivity contribution in [3.05, 3.63) is 46.8 Å². The fraction of sp³-hybridized carbons (Fsp3) is 0.429. The van der Waals surface area contributed by atoms with Crippen LogP contribution in [0.15, 0.2) is 29.8 Å². The number of hydrazine groups is 1. The van der Waals surface area contributed by atoms with Gasteiger partial charge < -0.3 is 0 Å². The van der Waals surface area contributed by atoms with Crippen LogP contribution in [-0.4, -0.2) is 0 Å². The molecule has 0 amide bonds. The van der Waals surface area contributed by atoms with Gasteiger partial charge in [0.25, 0.3) is 0 Å². The van der Waals surface area contributed by atoms with Gasteiger partial charge >= 0.3 is 6.18 Å². The summed E-state index contributed by atoms with van der Waals surface area (Å²) >= 11 is 0. The highest BCUT2D eigenvalue weighted by Crippen LogP contribution is 2.36. The molecule has 2 nitrogen and oxygen atoms in total. The fourth-order valence-corrected chi connectivity index (χ4v) is 2.51. The van der Waals surface area contributed by atoms with Gasteiger partial charge in [-0.25, -0.2) is 9.82 Å². The summed E-state index contributed by atoms with van der Waals surface area (Å²) in [7, 11) is 0. The highest BCUT2D eigenvalue weighted by molar-refractivity contribution is 5.35. The van der Waals surface area contributed by atoms with Crippen molar-refractivity contribution >= 4 is 0 Å². The van der Waals surface area contributed by atoms with Crippen LogP contribution in [0.25, 0.3) is 0 Å². The molecule has 0 saturated heterocycles. The van der Waals surface area contributed by atoms with Crippen LogP contribution in [0, 0.1) is 5.82 Å². The molecule has 3 N–H and O–H groups in total. The molecule has 1 aromatic carbocycles. The van der Waals surface area contributed by atoms with Crippen molar-refractivity contribution in [2.75, 3.05) is 0 Å². The van der Waals surface area contributed by atoms with E-state index in [4.69, 9.17) is 5.84 Å². The van der Waals surface area contributed by atoms with E-state index in [2.05, 4.69) is 5.43 Å². The molecule has 0 spiro atoms. The third-order valence-electron chi connectivity index (χ3n) is 3.51. The highest BCUT2D eigenvalue weighted by Gasteiger charge is 2.36. The Balaban J connectivity index is 2.42. The predicted octanol–water partition coefficient (Wildman–Crippen LogP) is 3.85. The van der Waals surface area contributed by atoms with Crippen LogP contribution in [0.2, 0.25) is 0 Å². The molecular formula is C14H16F4N2. The molecule has 0 bridgehead atoms.